The third-order valence-corrected chi connectivity index (χ3v) is 3.50. The molecule has 0 aliphatic rings. The third-order valence-electron chi connectivity index (χ3n) is 2.21. The van der Waals surface area contributed by atoms with Crippen LogP contribution in [0, 0.1) is 0 Å². The molecule has 3 nitrogen and oxygen atoms in total. The van der Waals surface area contributed by atoms with Crippen molar-refractivity contribution in [3.05, 3.63) is 34.5 Å². The monoisotopic (exact) mass is 346 g/mol. The quantitative estimate of drug-likeness (QED) is 0.612. The van der Waals surface area contributed by atoms with Gasteiger partial charge in [0.05, 0.1) is 7.11 Å². The number of hydrogen-bond donors (Lipinski definition) is 0. The maximum absolute atomic E-state index is 11.4. The molecule has 0 aliphatic heterocycles. The van der Waals surface area contributed by atoms with Crippen LogP contribution >= 0.6 is 31.9 Å². The summed E-state index contributed by atoms with van der Waals surface area (Å²) in [4.78, 5) is 10.9. The Labute approximate surface area is 109 Å². The number of carbonyl (C=O) groups is 1. The number of alkyl halides is 1. The average Bonchev–Trinajstić information content (AvgIpc) is 2.65. The molecular weight excluding hydrogens is 340 g/mol. The molecular formula is C11H8Br2O3. The Hall–Kier alpha value is -0.810. The topological polar surface area (TPSA) is 39.4 Å². The van der Waals surface area contributed by atoms with Crippen molar-refractivity contribution in [3.63, 3.8) is 0 Å². The summed E-state index contributed by atoms with van der Waals surface area (Å²) in [6, 6.07) is 7.40. The minimum Gasteiger partial charge on any atom is -0.468 e. The highest BCUT2D eigenvalue weighted by atomic mass is 79.9. The van der Waals surface area contributed by atoms with Gasteiger partial charge in [-0.25, -0.2) is 0 Å². The SMILES string of the molecule is COC(=O)C(Br)c1ccc2oc(Br)cc2c1. The Morgan fingerprint density at radius 2 is 2.19 bits per heavy atom. The van der Waals surface area contributed by atoms with E-state index >= 15 is 0 Å². The van der Waals surface area contributed by atoms with Crippen molar-refractivity contribution in [1.82, 2.24) is 0 Å². The van der Waals surface area contributed by atoms with Gasteiger partial charge in [-0.15, -0.1) is 0 Å². The van der Waals surface area contributed by atoms with Gasteiger partial charge in [-0.3, -0.25) is 4.79 Å². The highest BCUT2D eigenvalue weighted by Gasteiger charge is 2.18. The highest BCUT2D eigenvalue weighted by Crippen LogP contribution is 2.30. The maximum atomic E-state index is 11.4. The lowest BCUT2D eigenvalue weighted by Crippen LogP contribution is -2.07. The fraction of sp³-hybridized carbons (Fsp3) is 0.182. The maximum Gasteiger partial charge on any atom is 0.323 e. The number of benzene rings is 1. The molecule has 0 N–H and O–H groups in total. The molecule has 1 aromatic heterocycles. The lowest BCUT2D eigenvalue weighted by Gasteiger charge is -2.07. The van der Waals surface area contributed by atoms with Gasteiger partial charge in [0.2, 0.25) is 0 Å². The van der Waals surface area contributed by atoms with E-state index in [9.17, 15) is 4.79 Å². The normalized spacial score (nSPS) is 12.7. The van der Waals surface area contributed by atoms with Gasteiger partial charge in [0.1, 0.15) is 10.4 Å². The first-order valence-electron chi connectivity index (χ1n) is 4.52. The number of rotatable bonds is 2. The minimum atomic E-state index is -0.449. The number of methoxy groups -OCH3 is 1. The van der Waals surface area contributed by atoms with Gasteiger partial charge in [0, 0.05) is 5.39 Å². The molecule has 0 aliphatic carbocycles. The number of furan rings is 1. The third kappa shape index (κ3) is 2.15. The summed E-state index contributed by atoms with van der Waals surface area (Å²) in [5.41, 5.74) is 1.62. The predicted octanol–water partition coefficient (Wildman–Crippen LogP) is 3.80. The van der Waals surface area contributed by atoms with E-state index in [0.717, 1.165) is 16.5 Å². The number of esters is 1. The zero-order valence-corrected chi connectivity index (χ0v) is 11.5. The summed E-state index contributed by atoms with van der Waals surface area (Å²) in [7, 11) is 1.36. The molecule has 1 atom stereocenters. The Bertz CT molecular complexity index is 533. The van der Waals surface area contributed by atoms with Crippen LogP contribution in [-0.4, -0.2) is 13.1 Å². The molecule has 0 amide bonds. The largest absolute Gasteiger partial charge is 0.468 e. The zero-order valence-electron chi connectivity index (χ0n) is 8.37. The Kier molecular flexibility index (Phi) is 3.35. The second-order valence-electron chi connectivity index (χ2n) is 3.23. The molecule has 1 aromatic carbocycles. The fourth-order valence-corrected chi connectivity index (χ4v) is 2.32. The smallest absolute Gasteiger partial charge is 0.323 e. The van der Waals surface area contributed by atoms with Crippen LogP contribution in [0.3, 0.4) is 0 Å². The molecule has 0 bridgehead atoms. The van der Waals surface area contributed by atoms with Gasteiger partial charge in [-0.2, -0.15) is 0 Å². The molecule has 0 radical (unpaired) electrons. The van der Waals surface area contributed by atoms with Gasteiger partial charge in [0.25, 0.3) is 0 Å². The lowest BCUT2D eigenvalue weighted by atomic mass is 10.1. The van der Waals surface area contributed by atoms with Crippen LogP contribution < -0.4 is 0 Å². The van der Waals surface area contributed by atoms with Crippen LogP contribution in [0.25, 0.3) is 11.0 Å². The highest BCUT2D eigenvalue weighted by molar-refractivity contribution is 9.10. The summed E-state index contributed by atoms with van der Waals surface area (Å²) in [6.45, 7) is 0. The molecule has 1 unspecified atom stereocenters. The molecule has 0 fully saturated rings. The van der Waals surface area contributed by atoms with Gasteiger partial charge in [0.15, 0.2) is 4.67 Å². The number of fused-ring (bicyclic) bond motifs is 1. The van der Waals surface area contributed by atoms with E-state index in [1.54, 1.807) is 0 Å². The van der Waals surface area contributed by atoms with E-state index in [-0.39, 0.29) is 5.97 Å². The summed E-state index contributed by atoms with van der Waals surface area (Å²) in [5, 5.41) is 0.942. The minimum absolute atomic E-state index is 0.318. The fourth-order valence-electron chi connectivity index (χ4n) is 1.43. The zero-order chi connectivity index (χ0) is 11.7. The number of halogens is 2. The van der Waals surface area contributed by atoms with Crippen molar-refractivity contribution in [3.8, 4) is 0 Å². The van der Waals surface area contributed by atoms with Crippen molar-refractivity contribution in [2.75, 3.05) is 7.11 Å². The van der Waals surface area contributed by atoms with E-state index in [2.05, 4.69) is 36.6 Å². The van der Waals surface area contributed by atoms with Crippen LogP contribution in [0.15, 0.2) is 33.4 Å². The Balaban J connectivity index is 2.42. The van der Waals surface area contributed by atoms with E-state index in [1.807, 2.05) is 24.3 Å². The standard InChI is InChI=1S/C11H8Br2O3/c1-15-11(14)10(13)6-2-3-8-7(4-6)5-9(12)16-8/h2-5,10H,1H3. The van der Waals surface area contributed by atoms with E-state index in [0.29, 0.717) is 4.67 Å². The summed E-state index contributed by atoms with van der Waals surface area (Å²) in [5.74, 6) is -0.318. The van der Waals surface area contributed by atoms with Crippen molar-refractivity contribution in [2.45, 2.75) is 4.83 Å². The van der Waals surface area contributed by atoms with Crippen LogP contribution in [0.1, 0.15) is 10.4 Å². The molecule has 84 valence electrons. The van der Waals surface area contributed by atoms with Gasteiger partial charge < -0.3 is 9.15 Å². The summed E-state index contributed by atoms with van der Waals surface area (Å²) >= 11 is 6.55. The van der Waals surface area contributed by atoms with Crippen molar-refractivity contribution in [2.24, 2.45) is 0 Å². The molecule has 0 saturated heterocycles. The van der Waals surface area contributed by atoms with E-state index in [1.165, 1.54) is 7.11 Å². The second kappa shape index (κ2) is 4.59. The average molecular weight is 348 g/mol. The molecule has 1 heterocycles. The van der Waals surface area contributed by atoms with Gasteiger partial charge >= 0.3 is 5.97 Å². The van der Waals surface area contributed by atoms with Crippen molar-refractivity contribution >= 4 is 48.8 Å². The van der Waals surface area contributed by atoms with Crippen LogP contribution in [0.5, 0.6) is 0 Å². The second-order valence-corrected chi connectivity index (χ2v) is 4.93. The number of hydrogen-bond acceptors (Lipinski definition) is 3. The lowest BCUT2D eigenvalue weighted by molar-refractivity contribution is -0.139. The Morgan fingerprint density at radius 3 is 2.88 bits per heavy atom. The molecule has 16 heavy (non-hydrogen) atoms. The molecule has 5 heteroatoms. The van der Waals surface area contributed by atoms with E-state index in [4.69, 9.17) is 4.42 Å². The molecule has 2 aromatic rings. The van der Waals surface area contributed by atoms with Crippen LogP contribution in [0.2, 0.25) is 0 Å². The van der Waals surface area contributed by atoms with Crippen LogP contribution in [-0.2, 0) is 9.53 Å². The first-order valence-corrected chi connectivity index (χ1v) is 6.23. The summed E-state index contributed by atoms with van der Waals surface area (Å²) < 4.78 is 10.7. The molecule has 0 spiro atoms. The van der Waals surface area contributed by atoms with Crippen molar-refractivity contribution in [1.29, 1.82) is 0 Å². The Morgan fingerprint density at radius 1 is 1.44 bits per heavy atom. The first-order chi connectivity index (χ1) is 7.61. The van der Waals surface area contributed by atoms with Gasteiger partial charge in [-0.05, 0) is 39.7 Å². The molecule has 0 saturated carbocycles. The summed E-state index contributed by atoms with van der Waals surface area (Å²) in [6.07, 6.45) is 0. The van der Waals surface area contributed by atoms with Gasteiger partial charge in [-0.1, -0.05) is 22.0 Å². The predicted molar refractivity (Wildman–Crippen MR) is 67.6 cm³/mol. The number of ether oxygens (including phenoxy) is 1. The van der Waals surface area contributed by atoms with Crippen molar-refractivity contribution < 1.29 is 13.9 Å². The van der Waals surface area contributed by atoms with Crippen LogP contribution in [0.4, 0.5) is 0 Å². The number of carbonyl (C=O) groups excluding carboxylic acids is 1. The van der Waals surface area contributed by atoms with E-state index < -0.39 is 4.83 Å². The molecule has 2 rings (SSSR count). The first kappa shape index (κ1) is 11.7.